The van der Waals surface area contributed by atoms with Crippen LogP contribution in [-0.2, 0) is 0 Å². The quantitative estimate of drug-likeness (QED) is 0.170. The fourth-order valence-electron chi connectivity index (χ4n) is 7.79. The summed E-state index contributed by atoms with van der Waals surface area (Å²) in [7, 11) is 0. The first-order valence-electron chi connectivity index (χ1n) is 18.7. The monoisotopic (exact) mass is 749 g/mol. The highest BCUT2D eigenvalue weighted by Gasteiger charge is 2.18. The molecular formula is C51H31N3S2. The second kappa shape index (κ2) is 13.5. The third kappa shape index (κ3) is 5.68. The normalized spacial score (nSPS) is 11.6. The van der Waals surface area contributed by atoms with Gasteiger partial charge < -0.3 is 0 Å². The number of benzene rings is 8. The Morgan fingerprint density at radius 2 is 0.804 bits per heavy atom. The van der Waals surface area contributed by atoms with Crippen LogP contribution in [0, 0.1) is 0 Å². The molecule has 0 radical (unpaired) electrons. The first-order chi connectivity index (χ1) is 27.7. The molecule has 11 rings (SSSR count). The van der Waals surface area contributed by atoms with Crippen molar-refractivity contribution in [3.05, 3.63) is 188 Å². The lowest BCUT2D eigenvalue weighted by atomic mass is 9.94. The van der Waals surface area contributed by atoms with Gasteiger partial charge in [0.1, 0.15) is 0 Å². The largest absolute Gasteiger partial charge is 0.208 e. The summed E-state index contributed by atoms with van der Waals surface area (Å²) in [5.74, 6) is 1.97. The number of hydrogen-bond donors (Lipinski definition) is 0. The van der Waals surface area contributed by atoms with E-state index < -0.39 is 0 Å². The van der Waals surface area contributed by atoms with Crippen molar-refractivity contribution in [1.82, 2.24) is 15.0 Å². The molecule has 0 saturated carbocycles. The van der Waals surface area contributed by atoms with E-state index in [1.54, 1.807) is 0 Å². The molecule has 3 heterocycles. The molecule has 0 amide bonds. The van der Waals surface area contributed by atoms with E-state index in [4.69, 9.17) is 15.0 Å². The van der Waals surface area contributed by atoms with Gasteiger partial charge in [-0.15, -0.1) is 22.7 Å². The zero-order chi connectivity index (χ0) is 37.0. The zero-order valence-corrected chi connectivity index (χ0v) is 31.7. The first-order valence-corrected chi connectivity index (χ1v) is 20.3. The van der Waals surface area contributed by atoms with Gasteiger partial charge in [-0.3, -0.25) is 0 Å². The second-order valence-corrected chi connectivity index (χ2v) is 16.1. The summed E-state index contributed by atoms with van der Waals surface area (Å²) in [6.45, 7) is 0. The Bertz CT molecular complexity index is 3220. The zero-order valence-electron chi connectivity index (χ0n) is 30.1. The smallest absolute Gasteiger partial charge is 0.164 e. The highest BCUT2D eigenvalue weighted by atomic mass is 32.1. The topological polar surface area (TPSA) is 38.7 Å². The van der Waals surface area contributed by atoms with Crippen molar-refractivity contribution in [3.63, 3.8) is 0 Å². The van der Waals surface area contributed by atoms with Crippen LogP contribution in [0.25, 0.3) is 108 Å². The molecule has 5 heteroatoms. The summed E-state index contributed by atoms with van der Waals surface area (Å²) >= 11 is 3.70. The molecule has 0 unspecified atom stereocenters. The Morgan fingerprint density at radius 3 is 1.54 bits per heavy atom. The van der Waals surface area contributed by atoms with Gasteiger partial charge in [0.15, 0.2) is 17.5 Å². The number of aromatic nitrogens is 3. The molecular weight excluding hydrogens is 719 g/mol. The molecule has 0 saturated heterocycles. The molecule has 0 atom stereocenters. The van der Waals surface area contributed by atoms with Gasteiger partial charge in [-0.1, -0.05) is 164 Å². The minimum Gasteiger partial charge on any atom is -0.208 e. The summed E-state index contributed by atoms with van der Waals surface area (Å²) in [5, 5.41) is 5.12. The predicted molar refractivity (Wildman–Crippen MR) is 238 cm³/mol. The summed E-state index contributed by atoms with van der Waals surface area (Å²) < 4.78 is 5.10. The highest BCUT2D eigenvalue weighted by Crippen LogP contribution is 2.46. The molecule has 0 aliphatic rings. The van der Waals surface area contributed by atoms with Gasteiger partial charge in [0.05, 0.1) is 0 Å². The molecule has 0 spiro atoms. The molecule has 3 aromatic heterocycles. The van der Waals surface area contributed by atoms with Crippen molar-refractivity contribution in [2.24, 2.45) is 0 Å². The van der Waals surface area contributed by atoms with Crippen LogP contribution < -0.4 is 0 Å². The molecule has 0 bridgehead atoms. The molecule has 56 heavy (non-hydrogen) atoms. The van der Waals surface area contributed by atoms with Crippen molar-refractivity contribution < 1.29 is 0 Å². The summed E-state index contributed by atoms with van der Waals surface area (Å²) in [6, 6.07) is 66.8. The standard InChI is InChI=1S/C51H31N3S2/c1-4-12-32(13-5-1)33-20-22-36(23-21-33)50-52-49(35-16-8-3-9-17-35)53-51(54-50)38-24-26-41-43-30-37(25-29-45(43)55-46(41)31-38)39-27-28-40(34-14-6-2-7-15-34)48-47(39)42-18-10-11-19-44(42)56-48/h1-31H. The SMILES string of the molecule is c1ccc(-c2ccc(-c3nc(-c4ccccc4)nc(-c4ccc5c(c4)sc4ccc(-c6ccc(-c7ccccc7)c7sc8ccccc8c67)cc45)n3)cc2)cc1. The van der Waals surface area contributed by atoms with Gasteiger partial charge in [0.25, 0.3) is 0 Å². The number of thiophene rings is 2. The molecule has 0 fully saturated rings. The van der Waals surface area contributed by atoms with Gasteiger partial charge in [0, 0.05) is 57.0 Å². The van der Waals surface area contributed by atoms with Crippen LogP contribution in [0.4, 0.5) is 0 Å². The minimum atomic E-state index is 0.653. The molecule has 0 aliphatic heterocycles. The predicted octanol–water partition coefficient (Wildman–Crippen LogP) is 14.6. The van der Waals surface area contributed by atoms with Crippen molar-refractivity contribution in [3.8, 4) is 67.5 Å². The third-order valence-corrected chi connectivity index (χ3v) is 12.9. The van der Waals surface area contributed by atoms with Crippen LogP contribution in [0.5, 0.6) is 0 Å². The Hall–Kier alpha value is -6.79. The van der Waals surface area contributed by atoms with Gasteiger partial charge in [0.2, 0.25) is 0 Å². The lowest BCUT2D eigenvalue weighted by molar-refractivity contribution is 1.07. The maximum Gasteiger partial charge on any atom is 0.164 e. The second-order valence-electron chi connectivity index (χ2n) is 14.0. The Kier molecular flexibility index (Phi) is 7.87. The molecule has 8 aromatic carbocycles. The molecule has 0 aliphatic carbocycles. The van der Waals surface area contributed by atoms with Crippen LogP contribution in [-0.4, -0.2) is 15.0 Å². The average Bonchev–Trinajstić information content (AvgIpc) is 3.85. The van der Waals surface area contributed by atoms with E-state index in [1.165, 1.54) is 68.2 Å². The van der Waals surface area contributed by atoms with E-state index in [0.717, 1.165) is 22.3 Å². The van der Waals surface area contributed by atoms with E-state index in [9.17, 15) is 0 Å². The van der Waals surface area contributed by atoms with Crippen LogP contribution in [0.15, 0.2) is 188 Å². The summed E-state index contributed by atoms with van der Waals surface area (Å²) in [5.41, 5.74) is 10.2. The first kappa shape index (κ1) is 32.6. The Labute approximate surface area is 331 Å². The molecule has 0 N–H and O–H groups in total. The van der Waals surface area contributed by atoms with Crippen molar-refractivity contribution >= 4 is 63.0 Å². The maximum absolute atomic E-state index is 5.08. The minimum absolute atomic E-state index is 0.653. The molecule has 262 valence electrons. The third-order valence-electron chi connectivity index (χ3n) is 10.6. The summed E-state index contributed by atoms with van der Waals surface area (Å²) in [4.78, 5) is 15.1. The van der Waals surface area contributed by atoms with Gasteiger partial charge >= 0.3 is 0 Å². The summed E-state index contributed by atoms with van der Waals surface area (Å²) in [6.07, 6.45) is 0. The van der Waals surface area contributed by atoms with E-state index in [-0.39, 0.29) is 0 Å². The highest BCUT2D eigenvalue weighted by molar-refractivity contribution is 7.26. The Balaban J connectivity index is 1.02. The number of fused-ring (bicyclic) bond motifs is 6. The van der Waals surface area contributed by atoms with E-state index in [2.05, 4.69) is 164 Å². The van der Waals surface area contributed by atoms with Gasteiger partial charge in [-0.05, 0) is 57.6 Å². The van der Waals surface area contributed by atoms with Gasteiger partial charge in [-0.25, -0.2) is 15.0 Å². The van der Waals surface area contributed by atoms with Crippen LogP contribution in [0.1, 0.15) is 0 Å². The van der Waals surface area contributed by atoms with Crippen LogP contribution >= 0.6 is 22.7 Å². The maximum atomic E-state index is 5.08. The van der Waals surface area contributed by atoms with Crippen molar-refractivity contribution in [2.45, 2.75) is 0 Å². The Morgan fingerprint density at radius 1 is 0.286 bits per heavy atom. The van der Waals surface area contributed by atoms with Crippen molar-refractivity contribution in [2.75, 3.05) is 0 Å². The fourth-order valence-corrected chi connectivity index (χ4v) is 10.2. The lowest BCUT2D eigenvalue weighted by Crippen LogP contribution is -2.00. The fraction of sp³-hybridized carbons (Fsp3) is 0. The molecule has 3 nitrogen and oxygen atoms in total. The number of hydrogen-bond acceptors (Lipinski definition) is 5. The van der Waals surface area contributed by atoms with E-state index >= 15 is 0 Å². The van der Waals surface area contributed by atoms with E-state index in [0.29, 0.717) is 17.5 Å². The van der Waals surface area contributed by atoms with E-state index in [1.807, 2.05) is 46.9 Å². The molecule has 11 aromatic rings. The van der Waals surface area contributed by atoms with Gasteiger partial charge in [-0.2, -0.15) is 0 Å². The van der Waals surface area contributed by atoms with Crippen molar-refractivity contribution in [1.29, 1.82) is 0 Å². The number of nitrogens with zero attached hydrogens (tertiary/aromatic N) is 3. The van der Waals surface area contributed by atoms with Crippen LogP contribution in [0.3, 0.4) is 0 Å². The average molecular weight is 750 g/mol. The number of rotatable bonds is 6. The lowest BCUT2D eigenvalue weighted by Gasteiger charge is -2.10. The van der Waals surface area contributed by atoms with Crippen LogP contribution in [0.2, 0.25) is 0 Å².